The van der Waals surface area contributed by atoms with Crippen LogP contribution in [0.4, 0.5) is 0 Å². The maximum Gasteiger partial charge on any atom is 0.254 e. The number of carbonyl (C=O) groups excluding carboxylic acids is 1. The topological polar surface area (TPSA) is 48.9 Å². The molecule has 2 aliphatic rings. The van der Waals surface area contributed by atoms with E-state index in [1.165, 1.54) is 5.56 Å². The smallest absolute Gasteiger partial charge is 0.254 e. The van der Waals surface area contributed by atoms with E-state index in [4.69, 9.17) is 4.74 Å². The third-order valence-corrected chi connectivity index (χ3v) is 7.46. The highest BCUT2D eigenvalue weighted by molar-refractivity contribution is 7.98. The monoisotopic (exact) mass is 488 g/mol. The molecule has 1 saturated heterocycles. The van der Waals surface area contributed by atoms with E-state index in [-0.39, 0.29) is 5.91 Å². The summed E-state index contributed by atoms with van der Waals surface area (Å²) in [7, 11) is 0. The van der Waals surface area contributed by atoms with Crippen molar-refractivity contribution in [3.8, 4) is 5.75 Å². The van der Waals surface area contributed by atoms with E-state index in [1.54, 1.807) is 11.8 Å². The number of ether oxygens (including phenoxy) is 1. The number of thioether (sulfide) groups is 1. The minimum Gasteiger partial charge on any atom is -0.491 e. The number of hydrogen-bond donors (Lipinski definition) is 0. The second-order valence-corrected chi connectivity index (χ2v) is 10.00. The lowest BCUT2D eigenvalue weighted by atomic mass is 10.1. The van der Waals surface area contributed by atoms with Gasteiger partial charge in [0.1, 0.15) is 12.4 Å². The summed E-state index contributed by atoms with van der Waals surface area (Å²) < 4.78 is 5.99. The van der Waals surface area contributed by atoms with Crippen molar-refractivity contribution in [3.05, 3.63) is 89.2 Å². The van der Waals surface area contributed by atoms with Crippen LogP contribution in [0.5, 0.6) is 5.75 Å². The fraction of sp³-hybridized carbons (Fsp3) is 0.357. The van der Waals surface area contributed by atoms with Crippen LogP contribution in [0.25, 0.3) is 0 Å². The molecule has 3 aromatic rings. The molecule has 2 aliphatic heterocycles. The van der Waals surface area contributed by atoms with Crippen LogP contribution in [0.15, 0.2) is 71.8 Å². The first-order valence-electron chi connectivity index (χ1n) is 12.2. The van der Waals surface area contributed by atoms with Gasteiger partial charge in [-0.1, -0.05) is 12.1 Å². The van der Waals surface area contributed by atoms with E-state index >= 15 is 0 Å². The molecule has 3 heterocycles. The fourth-order valence-corrected chi connectivity index (χ4v) is 5.13. The van der Waals surface area contributed by atoms with Crippen molar-refractivity contribution in [2.45, 2.75) is 24.5 Å². The standard InChI is InChI=1S/C28H32N4O2S/c1-35-26-8-6-23(7-9-26)28(33)32-16-17-34-27-10-5-22(18-24(27)20-32)19-30-12-14-31(15-13-30)21-25-4-2-3-11-29-25/h2-11,18H,12-17,19-21H2,1H3. The normalized spacial score (nSPS) is 16.9. The Hall–Kier alpha value is -2.87. The van der Waals surface area contributed by atoms with Gasteiger partial charge in [-0.2, -0.15) is 0 Å². The van der Waals surface area contributed by atoms with Crippen molar-refractivity contribution in [3.63, 3.8) is 0 Å². The minimum atomic E-state index is 0.0588. The summed E-state index contributed by atoms with van der Waals surface area (Å²) in [5.41, 5.74) is 4.21. The molecule has 1 fully saturated rings. The molecule has 6 nitrogen and oxygen atoms in total. The van der Waals surface area contributed by atoms with Gasteiger partial charge in [0.25, 0.3) is 5.91 Å². The highest BCUT2D eigenvalue weighted by Crippen LogP contribution is 2.26. The van der Waals surface area contributed by atoms with Gasteiger partial charge in [0.05, 0.1) is 12.2 Å². The zero-order valence-electron chi connectivity index (χ0n) is 20.2. The molecule has 1 aromatic heterocycles. The lowest BCUT2D eigenvalue weighted by Crippen LogP contribution is -2.45. The highest BCUT2D eigenvalue weighted by Gasteiger charge is 2.22. The molecule has 0 radical (unpaired) electrons. The number of aromatic nitrogens is 1. The third kappa shape index (κ3) is 6.04. The molecule has 0 saturated carbocycles. The lowest BCUT2D eigenvalue weighted by Gasteiger charge is -2.34. The van der Waals surface area contributed by atoms with Crippen LogP contribution < -0.4 is 4.74 Å². The van der Waals surface area contributed by atoms with E-state index in [9.17, 15) is 4.79 Å². The van der Waals surface area contributed by atoms with Crippen LogP contribution >= 0.6 is 11.8 Å². The number of pyridine rings is 1. The second-order valence-electron chi connectivity index (χ2n) is 9.12. The maximum atomic E-state index is 13.2. The Morgan fingerprint density at radius 1 is 0.943 bits per heavy atom. The van der Waals surface area contributed by atoms with Gasteiger partial charge in [0, 0.05) is 68.0 Å². The van der Waals surface area contributed by atoms with E-state index in [2.05, 4.69) is 45.1 Å². The number of nitrogens with zero attached hydrogens (tertiary/aromatic N) is 4. The number of hydrogen-bond acceptors (Lipinski definition) is 6. The van der Waals surface area contributed by atoms with Crippen LogP contribution in [0.3, 0.4) is 0 Å². The lowest BCUT2D eigenvalue weighted by molar-refractivity contribution is 0.0733. The molecule has 2 aromatic carbocycles. The van der Waals surface area contributed by atoms with Crippen LogP contribution in [-0.2, 0) is 19.6 Å². The number of carbonyl (C=O) groups is 1. The average Bonchev–Trinajstić information content (AvgIpc) is 3.12. The summed E-state index contributed by atoms with van der Waals surface area (Å²) >= 11 is 1.68. The molecule has 35 heavy (non-hydrogen) atoms. The Bertz CT molecular complexity index is 1130. The molecule has 7 heteroatoms. The number of piperazine rings is 1. The van der Waals surface area contributed by atoms with E-state index < -0.39 is 0 Å². The van der Waals surface area contributed by atoms with Crippen LogP contribution in [0.1, 0.15) is 27.2 Å². The zero-order valence-corrected chi connectivity index (χ0v) is 21.0. The van der Waals surface area contributed by atoms with Gasteiger partial charge in [-0.3, -0.25) is 19.6 Å². The summed E-state index contributed by atoms with van der Waals surface area (Å²) in [6, 6.07) is 20.4. The molecular weight excluding hydrogens is 456 g/mol. The van der Waals surface area contributed by atoms with Gasteiger partial charge < -0.3 is 9.64 Å². The van der Waals surface area contributed by atoms with Gasteiger partial charge in [-0.05, 0) is 60.4 Å². The molecule has 1 amide bonds. The summed E-state index contributed by atoms with van der Waals surface area (Å²) in [4.78, 5) is 25.7. The predicted octanol–water partition coefficient (Wildman–Crippen LogP) is 4.16. The molecule has 0 spiro atoms. The van der Waals surface area contributed by atoms with E-state index in [0.29, 0.717) is 19.7 Å². The molecule has 0 unspecified atom stereocenters. The second kappa shape index (κ2) is 11.2. The van der Waals surface area contributed by atoms with Crippen LogP contribution in [0.2, 0.25) is 0 Å². The van der Waals surface area contributed by atoms with Gasteiger partial charge >= 0.3 is 0 Å². The molecule has 0 aliphatic carbocycles. The van der Waals surface area contributed by atoms with Gasteiger partial charge in [-0.25, -0.2) is 0 Å². The Morgan fingerprint density at radius 3 is 2.43 bits per heavy atom. The Balaban J connectivity index is 1.20. The summed E-state index contributed by atoms with van der Waals surface area (Å²) in [5, 5.41) is 0. The van der Waals surface area contributed by atoms with Crippen LogP contribution in [-0.4, -0.2) is 71.2 Å². The maximum absolute atomic E-state index is 13.2. The van der Waals surface area contributed by atoms with Gasteiger partial charge in [0.15, 0.2) is 0 Å². The predicted molar refractivity (Wildman–Crippen MR) is 140 cm³/mol. The summed E-state index contributed by atoms with van der Waals surface area (Å²) in [5.74, 6) is 0.950. The summed E-state index contributed by atoms with van der Waals surface area (Å²) in [6.45, 7) is 7.66. The first-order valence-corrected chi connectivity index (χ1v) is 13.4. The quantitative estimate of drug-likeness (QED) is 0.486. The van der Waals surface area contributed by atoms with Gasteiger partial charge in [-0.15, -0.1) is 11.8 Å². The Morgan fingerprint density at radius 2 is 1.71 bits per heavy atom. The largest absolute Gasteiger partial charge is 0.491 e. The Kier molecular flexibility index (Phi) is 7.66. The molecule has 5 rings (SSSR count). The number of amides is 1. The first kappa shape index (κ1) is 23.9. The fourth-order valence-electron chi connectivity index (χ4n) is 4.72. The van der Waals surface area contributed by atoms with Crippen molar-refractivity contribution >= 4 is 17.7 Å². The van der Waals surface area contributed by atoms with E-state index in [1.807, 2.05) is 47.7 Å². The summed E-state index contributed by atoms with van der Waals surface area (Å²) in [6.07, 6.45) is 3.91. The highest BCUT2D eigenvalue weighted by atomic mass is 32.2. The van der Waals surface area contributed by atoms with Crippen molar-refractivity contribution in [2.75, 3.05) is 45.6 Å². The molecule has 0 N–H and O–H groups in total. The van der Waals surface area contributed by atoms with Gasteiger partial charge in [0.2, 0.25) is 0 Å². The number of fused-ring (bicyclic) bond motifs is 1. The molecule has 182 valence electrons. The van der Waals surface area contributed by atoms with E-state index in [0.717, 1.165) is 66.7 Å². The zero-order chi connectivity index (χ0) is 24.0. The van der Waals surface area contributed by atoms with Crippen molar-refractivity contribution in [1.82, 2.24) is 19.7 Å². The Labute approximate surface area is 211 Å². The average molecular weight is 489 g/mol. The molecular formula is C28H32N4O2S. The van der Waals surface area contributed by atoms with Crippen molar-refractivity contribution in [2.24, 2.45) is 0 Å². The molecule has 0 bridgehead atoms. The number of rotatable bonds is 6. The minimum absolute atomic E-state index is 0.0588. The molecule has 0 atom stereocenters. The third-order valence-electron chi connectivity index (χ3n) is 6.71. The van der Waals surface area contributed by atoms with Crippen molar-refractivity contribution in [1.29, 1.82) is 0 Å². The van der Waals surface area contributed by atoms with Crippen LogP contribution in [0, 0.1) is 0 Å². The number of benzene rings is 2. The van der Waals surface area contributed by atoms with Crippen molar-refractivity contribution < 1.29 is 9.53 Å². The SMILES string of the molecule is CSc1ccc(C(=O)N2CCOc3ccc(CN4CCN(Cc5ccccn5)CC4)cc3C2)cc1. The first-order chi connectivity index (χ1) is 17.2.